The number of benzene rings is 2. The molecule has 140 valence electrons. The number of hydrogen-bond donors (Lipinski definition) is 2. The average molecular weight is 367 g/mol. The van der Waals surface area contributed by atoms with Gasteiger partial charge in [-0.2, -0.15) is 0 Å². The van der Waals surface area contributed by atoms with E-state index in [0.717, 1.165) is 0 Å². The highest BCUT2D eigenvalue weighted by atomic mass is 14.8. The topological polar surface area (TPSA) is 31.6 Å². The first kappa shape index (κ1) is 16.2. The molecule has 0 aliphatic heterocycles. The van der Waals surface area contributed by atoms with Gasteiger partial charge in [-0.3, -0.25) is 0 Å². The first-order chi connectivity index (χ1) is 13.5. The summed E-state index contributed by atoms with van der Waals surface area (Å²) >= 11 is 0. The molecule has 2 heteroatoms. The summed E-state index contributed by atoms with van der Waals surface area (Å²) < 4.78 is 0. The first-order valence-electron chi connectivity index (χ1n) is 10.4. The van der Waals surface area contributed by atoms with E-state index in [9.17, 15) is 0 Å². The third kappa shape index (κ3) is 2.03. The zero-order valence-electron chi connectivity index (χ0n) is 16.7. The van der Waals surface area contributed by atoms with E-state index in [2.05, 4.69) is 91.5 Å². The quantitative estimate of drug-likeness (QED) is 0.344. The van der Waals surface area contributed by atoms with E-state index >= 15 is 0 Å². The Labute approximate surface area is 165 Å². The van der Waals surface area contributed by atoms with Crippen molar-refractivity contribution < 1.29 is 0 Å². The molecule has 0 unspecified atom stereocenters. The van der Waals surface area contributed by atoms with Gasteiger partial charge in [-0.15, -0.1) is 0 Å². The largest absolute Gasteiger partial charge is 0.361 e. The van der Waals surface area contributed by atoms with Crippen molar-refractivity contribution in [2.75, 3.05) is 0 Å². The smallest absolute Gasteiger partial charge is 0.0459 e. The standard InChI is InChI=1S/C26H26N2/c1-15-12-18-24(26(2,3)13-15)22(19-14-27-20-10-6-4-8-16(19)20)23-17-9-5-7-11-21(17)28-25(18)23/h4-12,14,18,22,24,27-28H,13H2,1-3H3/t18-,22+,24+/m0/s1. The lowest BCUT2D eigenvalue weighted by Crippen LogP contribution is -2.33. The van der Waals surface area contributed by atoms with Crippen LogP contribution in [0.2, 0.25) is 0 Å². The highest BCUT2D eigenvalue weighted by Crippen LogP contribution is 2.62. The van der Waals surface area contributed by atoms with Gasteiger partial charge in [-0.1, -0.05) is 61.9 Å². The van der Waals surface area contributed by atoms with Gasteiger partial charge in [0.25, 0.3) is 0 Å². The molecule has 0 saturated heterocycles. The number of aromatic amines is 2. The van der Waals surface area contributed by atoms with Crippen LogP contribution in [-0.4, -0.2) is 9.97 Å². The van der Waals surface area contributed by atoms with Crippen LogP contribution in [0.25, 0.3) is 21.8 Å². The molecule has 2 nitrogen and oxygen atoms in total. The van der Waals surface area contributed by atoms with Crippen molar-refractivity contribution in [3.05, 3.63) is 83.2 Å². The van der Waals surface area contributed by atoms with Crippen molar-refractivity contribution >= 4 is 21.8 Å². The molecule has 28 heavy (non-hydrogen) atoms. The van der Waals surface area contributed by atoms with E-state index in [1.807, 2.05) is 0 Å². The zero-order chi connectivity index (χ0) is 19.0. The van der Waals surface area contributed by atoms with Crippen molar-refractivity contribution in [2.45, 2.75) is 39.0 Å². The highest BCUT2D eigenvalue weighted by Gasteiger charge is 2.51. The summed E-state index contributed by atoms with van der Waals surface area (Å²) in [7, 11) is 0. The van der Waals surface area contributed by atoms with Gasteiger partial charge in [-0.25, -0.2) is 0 Å². The number of hydrogen-bond acceptors (Lipinski definition) is 0. The van der Waals surface area contributed by atoms with Crippen molar-refractivity contribution in [3.63, 3.8) is 0 Å². The summed E-state index contributed by atoms with van der Waals surface area (Å²) in [4.78, 5) is 7.36. The van der Waals surface area contributed by atoms with Crippen molar-refractivity contribution in [1.29, 1.82) is 0 Å². The molecular formula is C26H26N2. The average Bonchev–Trinajstić information content (AvgIpc) is 3.32. The van der Waals surface area contributed by atoms with E-state index < -0.39 is 0 Å². The summed E-state index contributed by atoms with van der Waals surface area (Å²) in [5.41, 5.74) is 8.70. The fraction of sp³-hybridized carbons (Fsp3) is 0.308. The summed E-state index contributed by atoms with van der Waals surface area (Å²) in [6.07, 6.45) is 5.98. The van der Waals surface area contributed by atoms with Gasteiger partial charge in [0.1, 0.15) is 0 Å². The number of para-hydroxylation sites is 2. The Morgan fingerprint density at radius 1 is 0.929 bits per heavy atom. The molecule has 2 aromatic heterocycles. The molecule has 2 aromatic carbocycles. The summed E-state index contributed by atoms with van der Waals surface area (Å²) in [5, 5.41) is 2.76. The predicted octanol–water partition coefficient (Wildman–Crippen LogP) is 6.87. The van der Waals surface area contributed by atoms with E-state index in [4.69, 9.17) is 0 Å². The Morgan fingerprint density at radius 3 is 2.46 bits per heavy atom. The van der Waals surface area contributed by atoms with Gasteiger partial charge in [0.2, 0.25) is 0 Å². The normalized spacial score (nSPS) is 25.7. The van der Waals surface area contributed by atoms with Gasteiger partial charge in [0.05, 0.1) is 0 Å². The molecule has 2 N–H and O–H groups in total. The summed E-state index contributed by atoms with van der Waals surface area (Å²) in [5.74, 6) is 1.44. The predicted molar refractivity (Wildman–Crippen MR) is 117 cm³/mol. The van der Waals surface area contributed by atoms with Crippen LogP contribution in [-0.2, 0) is 0 Å². The van der Waals surface area contributed by atoms with Crippen LogP contribution >= 0.6 is 0 Å². The van der Waals surface area contributed by atoms with Crippen LogP contribution in [0.4, 0.5) is 0 Å². The molecule has 2 aliphatic rings. The molecule has 0 spiro atoms. The van der Waals surface area contributed by atoms with Gasteiger partial charge in [-0.05, 0) is 47.9 Å². The number of H-pyrrole nitrogens is 2. The van der Waals surface area contributed by atoms with E-state index in [-0.39, 0.29) is 5.41 Å². The van der Waals surface area contributed by atoms with Crippen molar-refractivity contribution in [1.82, 2.24) is 9.97 Å². The summed E-state index contributed by atoms with van der Waals surface area (Å²) in [6.45, 7) is 7.24. The number of allylic oxidation sites excluding steroid dienone is 2. The maximum Gasteiger partial charge on any atom is 0.0459 e. The van der Waals surface area contributed by atoms with Crippen LogP contribution in [0.3, 0.4) is 0 Å². The third-order valence-corrected chi connectivity index (χ3v) is 7.22. The van der Waals surface area contributed by atoms with Gasteiger partial charge in [0, 0.05) is 45.5 Å². The monoisotopic (exact) mass is 366 g/mol. The molecule has 3 atom stereocenters. The second-order valence-corrected chi connectivity index (χ2v) is 9.50. The Kier molecular flexibility index (Phi) is 3.14. The lowest BCUT2D eigenvalue weighted by atomic mass is 9.61. The maximum atomic E-state index is 3.82. The van der Waals surface area contributed by atoms with E-state index in [1.54, 1.807) is 0 Å². The van der Waals surface area contributed by atoms with Crippen LogP contribution in [0.5, 0.6) is 0 Å². The summed E-state index contributed by atoms with van der Waals surface area (Å²) in [6, 6.07) is 17.6. The number of nitrogens with one attached hydrogen (secondary N) is 2. The Bertz CT molecular complexity index is 1250. The lowest BCUT2D eigenvalue weighted by Gasteiger charge is -2.42. The van der Waals surface area contributed by atoms with Gasteiger partial charge in [0.15, 0.2) is 0 Å². The van der Waals surface area contributed by atoms with Crippen molar-refractivity contribution in [3.8, 4) is 0 Å². The van der Waals surface area contributed by atoms with Crippen LogP contribution in [0.15, 0.2) is 66.4 Å². The fourth-order valence-electron chi connectivity index (χ4n) is 6.38. The second kappa shape index (κ2) is 5.41. The third-order valence-electron chi connectivity index (χ3n) is 7.22. The molecule has 4 aromatic rings. The number of rotatable bonds is 1. The first-order valence-corrected chi connectivity index (χ1v) is 10.4. The Morgan fingerprint density at radius 2 is 1.64 bits per heavy atom. The molecule has 0 bridgehead atoms. The van der Waals surface area contributed by atoms with Crippen LogP contribution in [0, 0.1) is 11.3 Å². The minimum absolute atomic E-state index is 0.257. The minimum Gasteiger partial charge on any atom is -0.361 e. The molecule has 0 amide bonds. The maximum absolute atomic E-state index is 3.82. The minimum atomic E-state index is 0.257. The molecule has 0 saturated carbocycles. The van der Waals surface area contributed by atoms with Gasteiger partial charge < -0.3 is 9.97 Å². The molecular weight excluding hydrogens is 340 g/mol. The Balaban J connectivity index is 1.69. The molecule has 2 heterocycles. The molecule has 0 fully saturated rings. The van der Waals surface area contributed by atoms with Crippen LogP contribution in [0.1, 0.15) is 55.8 Å². The lowest BCUT2D eigenvalue weighted by molar-refractivity contribution is 0.173. The molecule has 6 rings (SSSR count). The fourth-order valence-corrected chi connectivity index (χ4v) is 6.38. The Hall–Kier alpha value is -2.74. The van der Waals surface area contributed by atoms with E-state index in [1.165, 1.54) is 50.6 Å². The number of fused-ring (bicyclic) bond motifs is 6. The van der Waals surface area contributed by atoms with Crippen molar-refractivity contribution in [2.24, 2.45) is 11.3 Å². The molecule has 2 aliphatic carbocycles. The van der Waals surface area contributed by atoms with Gasteiger partial charge >= 0.3 is 0 Å². The zero-order valence-corrected chi connectivity index (χ0v) is 16.7. The SMILES string of the molecule is CC1=C[C@@H]2c3[nH]c4ccccc4c3[C@@H](c3c[nH]c4ccccc34)[C@@H]2C(C)(C)C1. The van der Waals surface area contributed by atoms with E-state index in [0.29, 0.717) is 17.8 Å². The van der Waals surface area contributed by atoms with Crippen LogP contribution < -0.4 is 0 Å². The molecule has 0 radical (unpaired) electrons. The highest BCUT2D eigenvalue weighted by molar-refractivity contribution is 5.90. The number of aromatic nitrogens is 2. The second-order valence-electron chi connectivity index (χ2n) is 9.50.